The van der Waals surface area contributed by atoms with Gasteiger partial charge in [-0.15, -0.1) is 0 Å². The maximum absolute atomic E-state index is 13.5. The minimum Gasteiger partial charge on any atom is -0.504 e. The number of piperidine rings is 1. The van der Waals surface area contributed by atoms with Gasteiger partial charge in [0.15, 0.2) is 11.5 Å². The number of halogens is 3. The lowest BCUT2D eigenvalue weighted by Gasteiger charge is -2.64. The molecule has 2 bridgehead atoms. The summed E-state index contributed by atoms with van der Waals surface area (Å²) in [7, 11) is 1.67. The second kappa shape index (κ2) is 10.4. The van der Waals surface area contributed by atoms with E-state index in [0.717, 1.165) is 42.8 Å². The molecule has 44 heavy (non-hydrogen) atoms. The molecule has 2 N–H and O–H groups in total. The molecule has 2 fully saturated rings. The van der Waals surface area contributed by atoms with Gasteiger partial charge in [0.1, 0.15) is 6.10 Å². The number of amides is 1. The molecule has 1 saturated carbocycles. The van der Waals surface area contributed by atoms with E-state index >= 15 is 0 Å². The Bertz CT molecular complexity index is 1630. The zero-order valence-corrected chi connectivity index (χ0v) is 24.4. The van der Waals surface area contributed by atoms with E-state index in [1.54, 1.807) is 18.0 Å². The molecule has 2 aliphatic heterocycles. The predicted molar refractivity (Wildman–Crippen MR) is 159 cm³/mol. The lowest BCUT2D eigenvalue weighted by Crippen LogP contribution is -2.78. The van der Waals surface area contributed by atoms with Gasteiger partial charge in [-0.1, -0.05) is 48.5 Å². The van der Waals surface area contributed by atoms with Crippen molar-refractivity contribution in [2.45, 2.75) is 67.5 Å². The highest BCUT2D eigenvalue weighted by molar-refractivity contribution is 5.92. The first-order valence-corrected chi connectivity index (χ1v) is 15.2. The van der Waals surface area contributed by atoms with Gasteiger partial charge in [0.2, 0.25) is 5.91 Å². The van der Waals surface area contributed by atoms with E-state index in [4.69, 9.17) is 4.74 Å². The molecule has 0 radical (unpaired) electrons. The predicted octanol–water partition coefficient (Wildman–Crippen LogP) is 5.35. The summed E-state index contributed by atoms with van der Waals surface area (Å²) in [5.74, 6) is 0.0530. The average Bonchev–Trinajstić information content (AvgIpc) is 3.36. The summed E-state index contributed by atoms with van der Waals surface area (Å²) in [6, 6.07) is 18.2. The Morgan fingerprint density at radius 3 is 2.68 bits per heavy atom. The lowest BCUT2D eigenvalue weighted by molar-refractivity contribution is -0.199. The molecular formula is C35H35F3N2O4. The zero-order valence-electron chi connectivity index (χ0n) is 24.4. The van der Waals surface area contributed by atoms with E-state index < -0.39 is 34.9 Å². The highest BCUT2D eigenvalue weighted by Gasteiger charge is 2.73. The molecule has 1 spiro atoms. The summed E-state index contributed by atoms with van der Waals surface area (Å²) in [6.07, 6.45) is 0.674. The molecule has 4 aliphatic rings. The van der Waals surface area contributed by atoms with E-state index in [-0.39, 0.29) is 23.3 Å². The molecule has 2 heterocycles. The summed E-state index contributed by atoms with van der Waals surface area (Å²) in [5, 5.41) is 23.6. The average molecular weight is 605 g/mol. The molecule has 9 heteroatoms. The van der Waals surface area contributed by atoms with Crippen molar-refractivity contribution in [2.75, 3.05) is 20.1 Å². The van der Waals surface area contributed by atoms with Crippen LogP contribution in [-0.4, -0.2) is 69.8 Å². The third-order valence-electron chi connectivity index (χ3n) is 10.5. The van der Waals surface area contributed by atoms with Gasteiger partial charge in [-0.05, 0) is 79.6 Å². The van der Waals surface area contributed by atoms with Gasteiger partial charge < -0.3 is 19.8 Å². The molecule has 230 valence electrons. The Kier molecular flexibility index (Phi) is 6.82. The summed E-state index contributed by atoms with van der Waals surface area (Å²) in [5.41, 5.74) is 0.744. The van der Waals surface area contributed by atoms with E-state index in [9.17, 15) is 28.2 Å². The number of phenolic OH excluding ortho intramolecular Hbond substituents is 1. The standard InChI is InChI=1S/C35H35F3N2O4/c1-39(29(42)13-10-23-8-5-9-25(20-23)35(36,37)38)26-14-16-34(43)28-21-24-11-12-27(41)31-30(24)33(34,32(26)44-31)17-19-40(28)18-15-22-6-3-2-4-7-22/h2-13,20,26,28,32,41,43H,14-19,21H2,1H3/t26-,28-,32+,33+,34-/m1/s1. The molecule has 0 aromatic heterocycles. The Balaban J connectivity index is 1.19. The molecule has 2 aliphatic carbocycles. The van der Waals surface area contributed by atoms with Crippen LogP contribution < -0.4 is 4.74 Å². The van der Waals surface area contributed by atoms with E-state index in [1.807, 2.05) is 24.3 Å². The van der Waals surface area contributed by atoms with Crippen molar-refractivity contribution in [2.24, 2.45) is 0 Å². The number of aliphatic hydroxyl groups is 1. The fourth-order valence-corrected chi connectivity index (χ4v) is 8.45. The number of rotatable bonds is 6. The van der Waals surface area contributed by atoms with Crippen LogP contribution >= 0.6 is 0 Å². The number of ether oxygens (including phenoxy) is 1. The Morgan fingerprint density at radius 1 is 1.11 bits per heavy atom. The van der Waals surface area contributed by atoms with E-state index in [1.165, 1.54) is 29.8 Å². The van der Waals surface area contributed by atoms with Gasteiger partial charge in [0.25, 0.3) is 0 Å². The molecular weight excluding hydrogens is 569 g/mol. The zero-order chi connectivity index (χ0) is 30.9. The topological polar surface area (TPSA) is 73.2 Å². The number of hydrogen-bond acceptors (Lipinski definition) is 5. The second-order valence-electron chi connectivity index (χ2n) is 12.6. The molecule has 5 atom stereocenters. The smallest absolute Gasteiger partial charge is 0.416 e. The number of hydrogen-bond donors (Lipinski definition) is 2. The van der Waals surface area contributed by atoms with Crippen molar-refractivity contribution < 1.29 is 32.9 Å². The maximum Gasteiger partial charge on any atom is 0.416 e. The summed E-state index contributed by atoms with van der Waals surface area (Å²) in [4.78, 5) is 17.4. The largest absolute Gasteiger partial charge is 0.504 e. The number of carbonyl (C=O) groups is 1. The molecule has 1 saturated heterocycles. The molecule has 1 amide bonds. The summed E-state index contributed by atoms with van der Waals surface area (Å²) in [6.45, 7) is 1.55. The van der Waals surface area contributed by atoms with Gasteiger partial charge in [0.05, 0.1) is 22.6 Å². The first-order valence-electron chi connectivity index (χ1n) is 15.2. The van der Waals surface area contributed by atoms with E-state index in [2.05, 4.69) is 17.0 Å². The number of nitrogens with zero attached hydrogens (tertiary/aromatic N) is 2. The van der Waals surface area contributed by atoms with Crippen molar-refractivity contribution in [3.63, 3.8) is 0 Å². The molecule has 6 nitrogen and oxygen atoms in total. The minimum absolute atomic E-state index is 0.0250. The highest BCUT2D eigenvalue weighted by Crippen LogP contribution is 2.65. The van der Waals surface area contributed by atoms with Gasteiger partial charge in [-0.3, -0.25) is 9.69 Å². The summed E-state index contributed by atoms with van der Waals surface area (Å²) >= 11 is 0. The quantitative estimate of drug-likeness (QED) is 0.372. The first kappa shape index (κ1) is 28.9. The van der Waals surface area contributed by atoms with E-state index in [0.29, 0.717) is 31.4 Å². The van der Waals surface area contributed by atoms with Crippen LogP contribution in [0, 0.1) is 0 Å². The molecule has 7 rings (SSSR count). The van der Waals surface area contributed by atoms with Crippen molar-refractivity contribution in [3.05, 3.63) is 101 Å². The van der Waals surface area contributed by atoms with Crippen molar-refractivity contribution in [1.29, 1.82) is 0 Å². The second-order valence-corrected chi connectivity index (χ2v) is 12.6. The van der Waals surface area contributed by atoms with Gasteiger partial charge in [0, 0.05) is 31.3 Å². The highest BCUT2D eigenvalue weighted by atomic mass is 19.4. The number of likely N-dealkylation sites (tertiary alicyclic amines) is 1. The molecule has 3 aromatic carbocycles. The van der Waals surface area contributed by atoms with Crippen LogP contribution in [0.2, 0.25) is 0 Å². The third-order valence-corrected chi connectivity index (χ3v) is 10.5. The van der Waals surface area contributed by atoms with Gasteiger partial charge in [-0.2, -0.15) is 13.2 Å². The van der Waals surface area contributed by atoms with Crippen LogP contribution in [0.5, 0.6) is 11.5 Å². The Hall–Kier alpha value is -3.82. The fourth-order valence-electron chi connectivity index (χ4n) is 8.45. The molecule has 3 aromatic rings. The fraction of sp³-hybridized carbons (Fsp3) is 0.400. The van der Waals surface area contributed by atoms with Crippen LogP contribution in [0.1, 0.15) is 47.1 Å². The number of alkyl halides is 3. The first-order chi connectivity index (χ1) is 21.0. The number of benzene rings is 3. The normalized spacial score (nSPS) is 28.9. The third kappa shape index (κ3) is 4.35. The number of phenols is 1. The SMILES string of the molecule is CN(C(=O)C=Cc1cccc(C(F)(F)F)c1)[C@@H]1CC[C@@]2(O)[C@H]3Cc4ccc(O)c5c4[C@@]2(CCN3CCc2ccccc2)[C@H]1O5. The van der Waals surface area contributed by atoms with Crippen LogP contribution in [-0.2, 0) is 29.2 Å². The van der Waals surface area contributed by atoms with Crippen molar-refractivity contribution in [3.8, 4) is 11.5 Å². The Morgan fingerprint density at radius 2 is 1.91 bits per heavy atom. The van der Waals surface area contributed by atoms with Crippen LogP contribution in [0.15, 0.2) is 72.8 Å². The minimum atomic E-state index is -4.48. The van der Waals surface area contributed by atoms with Gasteiger partial charge >= 0.3 is 6.18 Å². The maximum atomic E-state index is 13.5. The van der Waals surface area contributed by atoms with Crippen molar-refractivity contribution >= 4 is 12.0 Å². The lowest BCUT2D eigenvalue weighted by atomic mass is 9.48. The number of carbonyl (C=O) groups excluding carboxylic acids is 1. The van der Waals surface area contributed by atoms with Gasteiger partial charge in [-0.25, -0.2) is 0 Å². The monoisotopic (exact) mass is 604 g/mol. The summed E-state index contributed by atoms with van der Waals surface area (Å²) < 4.78 is 46.1. The number of aromatic hydroxyl groups is 1. The number of likely N-dealkylation sites (N-methyl/N-ethyl adjacent to an activating group) is 1. The van der Waals surface area contributed by atoms with Crippen molar-refractivity contribution in [1.82, 2.24) is 9.80 Å². The Labute approximate surface area is 254 Å². The van der Waals surface area contributed by atoms with Crippen LogP contribution in [0.4, 0.5) is 13.2 Å². The van der Waals surface area contributed by atoms with Crippen LogP contribution in [0.3, 0.4) is 0 Å². The molecule has 0 unspecified atom stereocenters. The van der Waals surface area contributed by atoms with Crippen LogP contribution in [0.25, 0.3) is 6.08 Å².